The molecule has 1 heterocycles. The van der Waals surface area contributed by atoms with Crippen LogP contribution in [0.2, 0.25) is 5.02 Å². The number of sulfonamides is 1. The van der Waals surface area contributed by atoms with Crippen LogP contribution in [0.5, 0.6) is 0 Å². The number of halogens is 3. The highest BCUT2D eigenvalue weighted by molar-refractivity contribution is 7.90. The molecule has 0 bridgehead atoms. The minimum atomic E-state index is -4.54. The van der Waals surface area contributed by atoms with Gasteiger partial charge in [-0.1, -0.05) is 68.6 Å². The van der Waals surface area contributed by atoms with E-state index in [0.717, 1.165) is 43.7 Å². The van der Waals surface area contributed by atoms with E-state index in [1.807, 2.05) is 18.6 Å². The number of nitrogens with zero attached hydrogens (tertiary/aromatic N) is 3. The van der Waals surface area contributed by atoms with Gasteiger partial charge in [-0.25, -0.2) is 26.6 Å². The van der Waals surface area contributed by atoms with Crippen LogP contribution in [0.3, 0.4) is 0 Å². The maximum Gasteiger partial charge on any atom is 0.267 e. The highest BCUT2D eigenvalue weighted by Crippen LogP contribution is 2.34. The molecule has 0 unspecified atom stereocenters. The van der Waals surface area contributed by atoms with Crippen LogP contribution in [0.15, 0.2) is 83.8 Å². The highest BCUT2D eigenvalue weighted by atomic mass is 35.5. The minimum absolute atomic E-state index is 0.00348. The van der Waals surface area contributed by atoms with Crippen molar-refractivity contribution < 1.29 is 26.8 Å². The molecule has 4 aromatic carbocycles. The number of unbranched alkanes of at least 4 members (excludes halogenated alkanes) is 1. The Morgan fingerprint density at radius 2 is 1.74 bits per heavy atom. The van der Waals surface area contributed by atoms with Gasteiger partial charge in [0, 0.05) is 29.2 Å². The average Bonchev–Trinajstić information content (AvgIpc) is 3.95. The molecule has 13 heteroatoms. The van der Waals surface area contributed by atoms with Crippen LogP contribution in [0.1, 0.15) is 84.4 Å². The van der Waals surface area contributed by atoms with Crippen LogP contribution in [0, 0.1) is 28.9 Å². The Hall–Kier alpha value is -5.38. The summed E-state index contributed by atoms with van der Waals surface area (Å²) >= 11 is 6.61. The minimum Gasteiger partial charge on any atom is -0.326 e. The molecule has 6 rings (SSSR count). The summed E-state index contributed by atoms with van der Waals surface area (Å²) in [6.07, 6.45) is 5.21. The van der Waals surface area contributed by atoms with Crippen molar-refractivity contribution in [3.8, 4) is 22.9 Å². The molecule has 0 atom stereocenters. The molecule has 1 aliphatic rings. The zero-order chi connectivity index (χ0) is 38.6. The second kappa shape index (κ2) is 16.3. The summed E-state index contributed by atoms with van der Waals surface area (Å²) in [4.78, 5) is 25.0. The lowest BCUT2D eigenvalue weighted by Crippen LogP contribution is -2.31. The van der Waals surface area contributed by atoms with Crippen LogP contribution in [0.4, 0.5) is 14.5 Å². The van der Waals surface area contributed by atoms with Crippen molar-refractivity contribution >= 4 is 39.1 Å². The molecule has 0 aliphatic heterocycles. The number of aryl methyl sites for hydroxylation is 2. The molecule has 1 aromatic heterocycles. The van der Waals surface area contributed by atoms with Gasteiger partial charge in [0.05, 0.1) is 26.9 Å². The Kier molecular flexibility index (Phi) is 11.6. The lowest BCUT2D eigenvalue weighted by molar-refractivity contribution is -0.117. The number of nitriles is 1. The van der Waals surface area contributed by atoms with E-state index < -0.39 is 33.1 Å². The third kappa shape index (κ3) is 8.38. The monoisotopic (exact) mass is 769 g/mol. The Labute approximate surface area is 318 Å². The van der Waals surface area contributed by atoms with E-state index in [0.29, 0.717) is 40.5 Å². The second-order valence-electron chi connectivity index (χ2n) is 13.3. The normalized spacial score (nSPS) is 12.7. The molecule has 278 valence electrons. The van der Waals surface area contributed by atoms with E-state index in [1.165, 1.54) is 41.1 Å². The Morgan fingerprint density at radius 3 is 2.43 bits per heavy atom. The summed E-state index contributed by atoms with van der Waals surface area (Å²) in [5.74, 6) is -2.75. The first kappa shape index (κ1) is 38.3. The number of amides is 2. The third-order valence-electron chi connectivity index (χ3n) is 9.28. The molecular formula is C41H38ClF2N5O4S. The van der Waals surface area contributed by atoms with Gasteiger partial charge in [0.25, 0.3) is 15.9 Å². The molecule has 2 amide bonds. The maximum absolute atomic E-state index is 16.2. The lowest BCUT2D eigenvalue weighted by Gasteiger charge is -2.15. The van der Waals surface area contributed by atoms with E-state index >= 15 is 4.39 Å². The maximum atomic E-state index is 16.2. The molecule has 0 saturated heterocycles. The Bertz CT molecular complexity index is 2400. The van der Waals surface area contributed by atoms with Gasteiger partial charge < -0.3 is 5.32 Å². The number of rotatable bonds is 14. The van der Waals surface area contributed by atoms with Gasteiger partial charge in [-0.05, 0) is 97.3 Å². The van der Waals surface area contributed by atoms with Crippen molar-refractivity contribution in [2.45, 2.75) is 70.1 Å². The smallest absolute Gasteiger partial charge is 0.267 e. The van der Waals surface area contributed by atoms with Gasteiger partial charge in [0.15, 0.2) is 0 Å². The van der Waals surface area contributed by atoms with Crippen LogP contribution in [-0.4, -0.2) is 30.0 Å². The van der Waals surface area contributed by atoms with Gasteiger partial charge in [-0.3, -0.25) is 9.59 Å². The Morgan fingerprint density at radius 1 is 0.963 bits per heavy atom. The van der Waals surface area contributed by atoms with Crippen molar-refractivity contribution in [1.82, 2.24) is 14.5 Å². The van der Waals surface area contributed by atoms with Gasteiger partial charge in [0.1, 0.15) is 23.4 Å². The molecule has 9 nitrogen and oxygen atoms in total. The fourth-order valence-electron chi connectivity index (χ4n) is 6.27. The fourth-order valence-corrected chi connectivity index (χ4v) is 7.64. The van der Waals surface area contributed by atoms with Crippen LogP contribution in [-0.2, 0) is 34.1 Å². The first-order valence-electron chi connectivity index (χ1n) is 17.8. The predicted octanol–water partition coefficient (Wildman–Crippen LogP) is 8.70. The van der Waals surface area contributed by atoms with E-state index in [9.17, 15) is 27.7 Å². The van der Waals surface area contributed by atoms with Gasteiger partial charge in [0.2, 0.25) is 5.91 Å². The Balaban J connectivity index is 1.36. The topological polar surface area (TPSA) is 134 Å². The fraction of sp³-hybridized carbons (Fsp3) is 0.268. The molecule has 0 spiro atoms. The number of hydrogen-bond acceptors (Lipinski definition) is 6. The first-order valence-corrected chi connectivity index (χ1v) is 19.6. The number of anilines is 1. The summed E-state index contributed by atoms with van der Waals surface area (Å²) < 4.78 is 61.1. The summed E-state index contributed by atoms with van der Waals surface area (Å²) in [7, 11) is -4.54. The van der Waals surface area contributed by atoms with Crippen LogP contribution >= 0.6 is 11.6 Å². The van der Waals surface area contributed by atoms with E-state index in [2.05, 4.69) is 11.4 Å². The molecule has 1 aliphatic carbocycles. The number of hydrogen-bond donors (Lipinski definition) is 2. The number of nitrogens with one attached hydrogen (secondary N) is 2. The van der Waals surface area contributed by atoms with E-state index in [-0.39, 0.29) is 45.5 Å². The highest BCUT2D eigenvalue weighted by Gasteiger charge is 2.30. The van der Waals surface area contributed by atoms with Gasteiger partial charge >= 0.3 is 0 Å². The lowest BCUT2D eigenvalue weighted by atomic mass is 9.96. The largest absolute Gasteiger partial charge is 0.326 e. The molecule has 0 radical (unpaired) electrons. The molecule has 5 aromatic rings. The van der Waals surface area contributed by atoms with Crippen molar-refractivity contribution in [3.05, 3.63) is 129 Å². The molecule has 54 heavy (non-hydrogen) atoms. The van der Waals surface area contributed by atoms with Gasteiger partial charge in [-0.2, -0.15) is 10.4 Å². The standard InChI is InChI=1S/C41H38ClF2N5O4S/c1-3-5-11-36-32(38(24-45)49(47-36)37-23-29(17-18-33(37)42)46-40(50)26-13-14-26)21-28-16-15-27(22-35(28)44)31-20-25(8-4-2)12-19-39(31)54(52,53)48-41(51)30-9-6-7-10-34(30)43/h6-7,9-10,12,15-20,22-23,26H,3-5,8,11,13-14,21H2,1-2H3,(H,46,50)(H,48,51). The average molecular weight is 770 g/mol. The SMILES string of the molecule is CCCCc1nn(-c2cc(NC(=O)C3CC3)ccc2Cl)c(C#N)c1Cc1ccc(-c2cc(CCC)ccc2S(=O)(=O)NC(=O)c2ccccc2F)cc1F. The number of carbonyl (C=O) groups is 2. The van der Waals surface area contributed by atoms with Gasteiger partial charge in [-0.15, -0.1) is 0 Å². The summed E-state index contributed by atoms with van der Waals surface area (Å²) in [5.41, 5.74) is 3.22. The second-order valence-corrected chi connectivity index (χ2v) is 15.4. The molecular weight excluding hydrogens is 732 g/mol. The van der Waals surface area contributed by atoms with Crippen molar-refractivity contribution in [2.75, 3.05) is 5.32 Å². The van der Waals surface area contributed by atoms with Crippen LogP contribution in [0.25, 0.3) is 16.8 Å². The molecule has 1 fully saturated rings. The summed E-state index contributed by atoms with van der Waals surface area (Å²) in [5, 5.41) is 18.4. The van der Waals surface area contributed by atoms with Crippen LogP contribution < -0.4 is 10.0 Å². The number of carbonyl (C=O) groups excluding carboxylic acids is 2. The van der Waals surface area contributed by atoms with E-state index in [1.54, 1.807) is 36.4 Å². The predicted molar refractivity (Wildman–Crippen MR) is 203 cm³/mol. The van der Waals surface area contributed by atoms with E-state index in [4.69, 9.17) is 16.7 Å². The number of aromatic nitrogens is 2. The third-order valence-corrected chi connectivity index (χ3v) is 11.0. The van der Waals surface area contributed by atoms with Crippen molar-refractivity contribution in [3.63, 3.8) is 0 Å². The molecule has 2 N–H and O–H groups in total. The zero-order valence-electron chi connectivity index (χ0n) is 29.8. The first-order chi connectivity index (χ1) is 25.9. The van der Waals surface area contributed by atoms with Crippen molar-refractivity contribution in [2.24, 2.45) is 5.92 Å². The summed E-state index contributed by atoms with van der Waals surface area (Å²) in [6, 6.07) is 21.2. The zero-order valence-corrected chi connectivity index (χ0v) is 31.3. The van der Waals surface area contributed by atoms with Crippen molar-refractivity contribution in [1.29, 1.82) is 5.26 Å². The summed E-state index contributed by atoms with van der Waals surface area (Å²) in [6.45, 7) is 4.00. The number of benzene rings is 4. The molecule has 1 saturated carbocycles. The quantitative estimate of drug-likeness (QED) is 0.116.